The minimum atomic E-state index is -0.480. The van der Waals surface area contributed by atoms with Gasteiger partial charge in [-0.3, -0.25) is 4.79 Å². The molecule has 0 spiro atoms. The summed E-state index contributed by atoms with van der Waals surface area (Å²) in [6.07, 6.45) is 2.19. The number of halogens is 2. The van der Waals surface area contributed by atoms with Gasteiger partial charge in [0.2, 0.25) is 5.91 Å². The summed E-state index contributed by atoms with van der Waals surface area (Å²) in [7, 11) is 0. The van der Waals surface area contributed by atoms with Gasteiger partial charge in [0.25, 0.3) is 0 Å². The highest BCUT2D eigenvalue weighted by Gasteiger charge is 2.68. The Labute approximate surface area is 115 Å². The van der Waals surface area contributed by atoms with E-state index < -0.39 is 5.82 Å². The molecule has 1 amide bonds. The lowest BCUT2D eigenvalue weighted by Crippen LogP contribution is -2.74. The van der Waals surface area contributed by atoms with Crippen LogP contribution in [0.4, 0.5) is 4.39 Å². The Morgan fingerprint density at radius 1 is 1.47 bits per heavy atom. The average molecular weight is 285 g/mol. The van der Waals surface area contributed by atoms with E-state index >= 15 is 0 Å². The lowest BCUT2D eigenvalue weighted by atomic mass is 9.38. The number of hydroxylamine groups is 1. The van der Waals surface area contributed by atoms with Gasteiger partial charge in [-0.2, -0.15) is 5.48 Å². The summed E-state index contributed by atoms with van der Waals surface area (Å²) in [4.78, 5) is 16.1. The molecule has 0 saturated heterocycles. The Hall–Kier alpha value is -1.33. The molecule has 3 aliphatic carbocycles. The first-order valence-corrected chi connectivity index (χ1v) is 6.44. The van der Waals surface area contributed by atoms with Crippen LogP contribution >= 0.6 is 11.6 Å². The molecule has 6 heteroatoms. The third-order valence-corrected chi connectivity index (χ3v) is 4.25. The first-order valence-electron chi connectivity index (χ1n) is 6.06. The summed E-state index contributed by atoms with van der Waals surface area (Å²) >= 11 is 5.84. The zero-order valence-electron chi connectivity index (χ0n) is 10.4. The Kier molecular flexibility index (Phi) is 2.56. The highest BCUT2D eigenvalue weighted by Crippen LogP contribution is 2.68. The van der Waals surface area contributed by atoms with Crippen molar-refractivity contribution in [3.8, 4) is 5.75 Å². The van der Waals surface area contributed by atoms with Gasteiger partial charge in [-0.15, -0.1) is 0 Å². The van der Waals surface area contributed by atoms with E-state index in [1.54, 1.807) is 6.07 Å². The van der Waals surface area contributed by atoms with Crippen LogP contribution in [0.5, 0.6) is 5.75 Å². The van der Waals surface area contributed by atoms with E-state index in [2.05, 4.69) is 5.48 Å². The smallest absolute Gasteiger partial charge is 0.249 e. The van der Waals surface area contributed by atoms with Crippen LogP contribution in [0.3, 0.4) is 0 Å². The molecule has 1 aromatic rings. The summed E-state index contributed by atoms with van der Waals surface area (Å²) in [5.74, 6) is -0.528. The number of benzene rings is 1. The van der Waals surface area contributed by atoms with E-state index in [1.807, 2.05) is 0 Å². The first-order chi connectivity index (χ1) is 8.85. The third-order valence-electron chi connectivity index (χ3n) is 3.96. The summed E-state index contributed by atoms with van der Waals surface area (Å²) in [5, 5.41) is 0.0565. The maximum absolute atomic E-state index is 14.3. The minimum Gasteiger partial charge on any atom is -0.379 e. The molecule has 19 heavy (non-hydrogen) atoms. The molecule has 0 aromatic heterocycles. The molecular weight excluding hydrogens is 271 g/mol. The van der Waals surface area contributed by atoms with Crippen LogP contribution in [0.25, 0.3) is 0 Å². The van der Waals surface area contributed by atoms with Gasteiger partial charge >= 0.3 is 0 Å². The summed E-state index contributed by atoms with van der Waals surface area (Å²) < 4.78 is 14.3. The number of amides is 1. The zero-order chi connectivity index (χ0) is 13.8. The van der Waals surface area contributed by atoms with E-state index in [0.29, 0.717) is 11.3 Å². The number of carbonyl (C=O) groups excluding carboxylic acids is 1. The normalized spacial score (nSPS) is 31.2. The predicted molar refractivity (Wildman–Crippen MR) is 68.3 cm³/mol. The van der Waals surface area contributed by atoms with Crippen molar-refractivity contribution in [2.75, 3.05) is 0 Å². The molecule has 1 aromatic carbocycles. The fourth-order valence-corrected chi connectivity index (χ4v) is 3.53. The molecule has 0 atom stereocenters. The van der Waals surface area contributed by atoms with Crippen LogP contribution < -0.4 is 16.1 Å². The number of hydrogen-bond acceptors (Lipinski definition) is 3. The van der Waals surface area contributed by atoms with Gasteiger partial charge < -0.3 is 10.6 Å². The zero-order valence-corrected chi connectivity index (χ0v) is 11.2. The monoisotopic (exact) mass is 284 g/mol. The van der Waals surface area contributed by atoms with E-state index in [0.717, 1.165) is 19.3 Å². The topological polar surface area (TPSA) is 64.3 Å². The Balaban J connectivity index is 1.96. The van der Waals surface area contributed by atoms with Crippen LogP contribution in [0.15, 0.2) is 12.1 Å². The molecule has 102 valence electrons. The van der Waals surface area contributed by atoms with Crippen molar-refractivity contribution in [1.29, 1.82) is 0 Å². The minimum absolute atomic E-state index is 0.0565. The summed E-state index contributed by atoms with van der Waals surface area (Å²) in [6.45, 7) is 1.32. The Bertz CT molecular complexity index is 556. The van der Waals surface area contributed by atoms with Crippen LogP contribution in [-0.4, -0.2) is 11.4 Å². The predicted octanol–water partition coefficient (Wildman–Crippen LogP) is 2.04. The van der Waals surface area contributed by atoms with Crippen LogP contribution in [0.1, 0.15) is 31.7 Å². The standard InChI is InChI=1S/C13H14ClFN2O2/c1-7(18)17-19-9-3-2-8(14)11(15)10(9)12-4-13(16,5-12)6-12/h2-3H,4-6,16H2,1H3,(H,17,18). The molecule has 2 bridgehead atoms. The Morgan fingerprint density at radius 2 is 2.11 bits per heavy atom. The number of nitrogens with two attached hydrogens (primary N) is 1. The van der Waals surface area contributed by atoms with Crippen molar-refractivity contribution in [3.63, 3.8) is 0 Å². The van der Waals surface area contributed by atoms with Gasteiger partial charge in [0.15, 0.2) is 5.75 Å². The van der Waals surface area contributed by atoms with Crippen molar-refractivity contribution in [1.82, 2.24) is 5.48 Å². The van der Waals surface area contributed by atoms with Gasteiger partial charge in [-0.25, -0.2) is 4.39 Å². The van der Waals surface area contributed by atoms with Crippen molar-refractivity contribution in [3.05, 3.63) is 28.5 Å². The highest BCUT2D eigenvalue weighted by molar-refractivity contribution is 6.30. The van der Waals surface area contributed by atoms with E-state index in [4.69, 9.17) is 22.2 Å². The highest BCUT2D eigenvalue weighted by atomic mass is 35.5. The quantitative estimate of drug-likeness (QED) is 0.835. The maximum atomic E-state index is 14.3. The molecule has 3 aliphatic rings. The summed E-state index contributed by atoms with van der Waals surface area (Å²) in [6, 6.07) is 2.99. The van der Waals surface area contributed by atoms with Crippen LogP contribution in [0, 0.1) is 5.82 Å². The van der Waals surface area contributed by atoms with Crippen molar-refractivity contribution >= 4 is 17.5 Å². The van der Waals surface area contributed by atoms with Gasteiger partial charge in [0.1, 0.15) is 5.82 Å². The van der Waals surface area contributed by atoms with Crippen molar-refractivity contribution in [2.24, 2.45) is 5.73 Å². The molecule has 0 unspecified atom stereocenters. The first kappa shape index (κ1) is 12.7. The Morgan fingerprint density at radius 3 is 2.63 bits per heavy atom. The lowest BCUT2D eigenvalue weighted by molar-refractivity contribution is -0.125. The molecule has 4 rings (SSSR count). The fourth-order valence-electron chi connectivity index (χ4n) is 3.37. The molecular formula is C13H14ClFN2O2. The number of carbonyl (C=O) groups is 1. The second kappa shape index (κ2) is 3.84. The summed E-state index contributed by atoms with van der Waals surface area (Å²) in [5.41, 5.74) is 8.22. The SMILES string of the molecule is CC(=O)NOc1ccc(Cl)c(F)c1C12CC(N)(C1)C2. The van der Waals surface area contributed by atoms with Gasteiger partial charge in [0, 0.05) is 23.4 Å². The fraction of sp³-hybridized carbons (Fsp3) is 0.462. The van der Waals surface area contributed by atoms with E-state index in [-0.39, 0.29) is 21.9 Å². The number of rotatable bonds is 3. The van der Waals surface area contributed by atoms with Crippen molar-refractivity contribution in [2.45, 2.75) is 37.1 Å². The molecule has 3 saturated carbocycles. The van der Waals surface area contributed by atoms with Gasteiger partial charge in [-0.1, -0.05) is 11.6 Å². The number of nitrogens with one attached hydrogen (secondary N) is 1. The van der Waals surface area contributed by atoms with E-state index in [9.17, 15) is 9.18 Å². The molecule has 4 nitrogen and oxygen atoms in total. The molecule has 3 N–H and O–H groups in total. The van der Waals surface area contributed by atoms with Crippen LogP contribution in [-0.2, 0) is 10.2 Å². The molecule has 3 fully saturated rings. The lowest BCUT2D eigenvalue weighted by Gasteiger charge is -2.69. The molecule has 0 aliphatic heterocycles. The van der Waals surface area contributed by atoms with E-state index in [1.165, 1.54) is 13.0 Å². The number of hydrogen-bond donors (Lipinski definition) is 2. The largest absolute Gasteiger partial charge is 0.379 e. The maximum Gasteiger partial charge on any atom is 0.249 e. The van der Waals surface area contributed by atoms with Gasteiger partial charge in [-0.05, 0) is 31.4 Å². The van der Waals surface area contributed by atoms with Crippen LogP contribution in [0.2, 0.25) is 5.02 Å². The second-order valence-corrected chi connectivity index (χ2v) is 6.08. The third kappa shape index (κ3) is 1.80. The average Bonchev–Trinajstić information content (AvgIpc) is 2.26. The molecule has 0 radical (unpaired) electrons. The van der Waals surface area contributed by atoms with Crippen molar-refractivity contribution < 1.29 is 14.0 Å². The second-order valence-electron chi connectivity index (χ2n) is 5.67. The van der Waals surface area contributed by atoms with Gasteiger partial charge in [0.05, 0.1) is 5.02 Å². The molecule has 0 heterocycles.